The zero-order valence-corrected chi connectivity index (χ0v) is 21.8. The highest BCUT2D eigenvalue weighted by molar-refractivity contribution is 6.32. The van der Waals surface area contributed by atoms with Gasteiger partial charge in [0.1, 0.15) is 11.9 Å². The summed E-state index contributed by atoms with van der Waals surface area (Å²) in [7, 11) is 0. The molecular formula is C28H36ClN3O4. The highest BCUT2D eigenvalue weighted by Gasteiger charge is 2.22. The van der Waals surface area contributed by atoms with E-state index in [1.165, 1.54) is 5.56 Å². The molecule has 0 aliphatic carbocycles. The van der Waals surface area contributed by atoms with Gasteiger partial charge < -0.3 is 14.8 Å². The molecule has 0 atom stereocenters. The van der Waals surface area contributed by atoms with Gasteiger partial charge in [-0.3, -0.25) is 19.4 Å². The van der Waals surface area contributed by atoms with Crippen molar-refractivity contribution in [2.45, 2.75) is 38.8 Å². The molecule has 1 amide bonds. The van der Waals surface area contributed by atoms with E-state index in [-0.39, 0.29) is 17.8 Å². The molecule has 0 bridgehead atoms. The van der Waals surface area contributed by atoms with Crippen molar-refractivity contribution in [3.05, 3.63) is 64.2 Å². The summed E-state index contributed by atoms with van der Waals surface area (Å²) in [6.45, 7) is 9.40. The molecule has 0 spiro atoms. The number of morpholine rings is 1. The largest absolute Gasteiger partial charge is 0.489 e. The molecule has 2 saturated heterocycles. The lowest BCUT2D eigenvalue weighted by Crippen LogP contribution is -2.38. The number of halogens is 1. The quantitative estimate of drug-likeness (QED) is 0.382. The molecule has 8 heteroatoms. The van der Waals surface area contributed by atoms with Crippen LogP contribution in [0.4, 0.5) is 0 Å². The van der Waals surface area contributed by atoms with E-state index in [0.29, 0.717) is 22.9 Å². The standard InChI is InChI=1S/C28H36ClN3O4/c1-21(33)23-5-3-22(4-6-23)20-32-13-9-25(10-14-32)36-27-8-7-24(19-26(27)29)28(34)30-11-2-12-31-15-17-35-18-16-31/h3-8,19,25H,2,9-18,20H2,1H3,(H,30,34). The van der Waals surface area contributed by atoms with Gasteiger partial charge in [0.2, 0.25) is 0 Å². The van der Waals surface area contributed by atoms with E-state index < -0.39 is 0 Å². The third kappa shape index (κ3) is 7.77. The minimum Gasteiger partial charge on any atom is -0.489 e. The zero-order chi connectivity index (χ0) is 25.3. The molecule has 1 N–H and O–H groups in total. The topological polar surface area (TPSA) is 71.1 Å². The van der Waals surface area contributed by atoms with Gasteiger partial charge in [0.15, 0.2) is 5.78 Å². The molecule has 36 heavy (non-hydrogen) atoms. The van der Waals surface area contributed by atoms with Crippen LogP contribution < -0.4 is 10.1 Å². The monoisotopic (exact) mass is 513 g/mol. The fourth-order valence-electron chi connectivity index (χ4n) is 4.64. The van der Waals surface area contributed by atoms with Gasteiger partial charge in [-0.2, -0.15) is 0 Å². The first-order chi connectivity index (χ1) is 17.5. The van der Waals surface area contributed by atoms with Crippen LogP contribution in [0.15, 0.2) is 42.5 Å². The molecule has 0 saturated carbocycles. The molecule has 0 unspecified atom stereocenters. The molecule has 2 aliphatic heterocycles. The van der Waals surface area contributed by atoms with Crippen LogP contribution >= 0.6 is 11.6 Å². The maximum Gasteiger partial charge on any atom is 0.251 e. The molecule has 4 rings (SSSR count). The first-order valence-corrected chi connectivity index (χ1v) is 13.2. The molecule has 2 aromatic carbocycles. The average molecular weight is 514 g/mol. The lowest BCUT2D eigenvalue weighted by atomic mass is 10.1. The number of benzene rings is 2. The number of ether oxygens (including phenoxy) is 2. The van der Waals surface area contributed by atoms with Gasteiger partial charge in [-0.05, 0) is 56.5 Å². The SMILES string of the molecule is CC(=O)c1ccc(CN2CCC(Oc3ccc(C(=O)NCCCN4CCOCC4)cc3Cl)CC2)cc1. The number of Topliss-reactive ketones (excluding diaryl/α,β-unsaturated/α-hetero) is 1. The third-order valence-electron chi connectivity index (χ3n) is 6.83. The molecule has 0 radical (unpaired) electrons. The summed E-state index contributed by atoms with van der Waals surface area (Å²) in [5, 5.41) is 3.44. The summed E-state index contributed by atoms with van der Waals surface area (Å²) >= 11 is 6.47. The zero-order valence-electron chi connectivity index (χ0n) is 21.0. The van der Waals surface area contributed by atoms with Crippen molar-refractivity contribution in [1.29, 1.82) is 0 Å². The number of amides is 1. The van der Waals surface area contributed by atoms with Crippen molar-refractivity contribution in [3.63, 3.8) is 0 Å². The minimum atomic E-state index is -0.116. The molecular weight excluding hydrogens is 478 g/mol. The fraction of sp³-hybridized carbons (Fsp3) is 0.500. The fourth-order valence-corrected chi connectivity index (χ4v) is 4.86. The Balaban J connectivity index is 1.18. The summed E-state index contributed by atoms with van der Waals surface area (Å²) in [5.74, 6) is 0.597. The van der Waals surface area contributed by atoms with Crippen molar-refractivity contribution in [2.75, 3.05) is 52.5 Å². The number of hydrogen-bond acceptors (Lipinski definition) is 6. The molecule has 2 aliphatic rings. The van der Waals surface area contributed by atoms with Gasteiger partial charge in [-0.1, -0.05) is 35.9 Å². The summed E-state index contributed by atoms with van der Waals surface area (Å²) in [4.78, 5) is 28.7. The van der Waals surface area contributed by atoms with Crippen molar-refractivity contribution in [2.24, 2.45) is 0 Å². The third-order valence-corrected chi connectivity index (χ3v) is 7.12. The summed E-state index contributed by atoms with van der Waals surface area (Å²) < 4.78 is 11.5. The number of carbonyl (C=O) groups is 2. The van der Waals surface area contributed by atoms with E-state index in [4.69, 9.17) is 21.1 Å². The highest BCUT2D eigenvalue weighted by atomic mass is 35.5. The van der Waals surface area contributed by atoms with Crippen LogP contribution in [0.2, 0.25) is 5.02 Å². The maximum atomic E-state index is 12.5. The van der Waals surface area contributed by atoms with Gasteiger partial charge in [-0.15, -0.1) is 0 Å². The Hall–Kier alpha value is -2.45. The Morgan fingerprint density at radius 1 is 1.00 bits per heavy atom. The van der Waals surface area contributed by atoms with Gasteiger partial charge in [0.25, 0.3) is 5.91 Å². The lowest BCUT2D eigenvalue weighted by molar-refractivity contribution is 0.0374. The normalized spacial score (nSPS) is 17.6. The van der Waals surface area contributed by atoms with E-state index in [0.717, 1.165) is 77.3 Å². The number of ketones is 1. The van der Waals surface area contributed by atoms with Gasteiger partial charge in [0, 0.05) is 50.4 Å². The Morgan fingerprint density at radius 2 is 1.69 bits per heavy atom. The Labute approximate surface area is 218 Å². The minimum absolute atomic E-state index is 0.0892. The van der Waals surface area contributed by atoms with Crippen molar-refractivity contribution in [1.82, 2.24) is 15.1 Å². The van der Waals surface area contributed by atoms with Crippen LogP contribution in [0.3, 0.4) is 0 Å². The van der Waals surface area contributed by atoms with Crippen molar-refractivity contribution >= 4 is 23.3 Å². The first kappa shape index (κ1) is 26.6. The van der Waals surface area contributed by atoms with E-state index >= 15 is 0 Å². The lowest BCUT2D eigenvalue weighted by Gasteiger charge is -2.32. The van der Waals surface area contributed by atoms with Crippen molar-refractivity contribution < 1.29 is 19.1 Å². The number of hydrogen-bond donors (Lipinski definition) is 1. The summed E-state index contributed by atoms with van der Waals surface area (Å²) in [5.41, 5.74) is 2.50. The van der Waals surface area contributed by atoms with E-state index in [1.807, 2.05) is 24.3 Å². The highest BCUT2D eigenvalue weighted by Crippen LogP contribution is 2.29. The average Bonchev–Trinajstić information content (AvgIpc) is 2.89. The van der Waals surface area contributed by atoms with Crippen LogP contribution in [0.25, 0.3) is 0 Å². The molecule has 2 heterocycles. The molecule has 0 aromatic heterocycles. The molecule has 2 fully saturated rings. The second-order valence-corrected chi connectivity index (χ2v) is 9.96. The summed E-state index contributed by atoms with van der Waals surface area (Å²) in [6, 6.07) is 13.1. The number of nitrogens with one attached hydrogen (secondary N) is 1. The van der Waals surface area contributed by atoms with Crippen LogP contribution in [0.5, 0.6) is 5.75 Å². The first-order valence-electron chi connectivity index (χ1n) is 12.8. The number of likely N-dealkylation sites (tertiary alicyclic amines) is 1. The van der Waals surface area contributed by atoms with Crippen LogP contribution in [0.1, 0.15) is 52.5 Å². The Morgan fingerprint density at radius 3 is 2.36 bits per heavy atom. The molecule has 2 aromatic rings. The molecule has 194 valence electrons. The van der Waals surface area contributed by atoms with E-state index in [2.05, 4.69) is 15.1 Å². The predicted molar refractivity (Wildman–Crippen MR) is 141 cm³/mol. The second-order valence-electron chi connectivity index (χ2n) is 9.56. The van der Waals surface area contributed by atoms with Crippen LogP contribution in [-0.2, 0) is 11.3 Å². The number of rotatable bonds is 10. The van der Waals surface area contributed by atoms with E-state index in [9.17, 15) is 9.59 Å². The van der Waals surface area contributed by atoms with Gasteiger partial charge in [0.05, 0.1) is 18.2 Å². The van der Waals surface area contributed by atoms with Gasteiger partial charge in [-0.25, -0.2) is 0 Å². The van der Waals surface area contributed by atoms with Crippen LogP contribution in [-0.4, -0.2) is 80.1 Å². The number of nitrogens with zero attached hydrogens (tertiary/aromatic N) is 2. The smallest absolute Gasteiger partial charge is 0.251 e. The second kappa shape index (κ2) is 13.2. The number of carbonyl (C=O) groups excluding carboxylic acids is 2. The van der Waals surface area contributed by atoms with Gasteiger partial charge >= 0.3 is 0 Å². The maximum absolute atomic E-state index is 12.5. The number of piperidine rings is 1. The van der Waals surface area contributed by atoms with Crippen molar-refractivity contribution in [3.8, 4) is 5.75 Å². The van der Waals surface area contributed by atoms with Crippen LogP contribution in [0, 0.1) is 0 Å². The molecule has 7 nitrogen and oxygen atoms in total. The summed E-state index contributed by atoms with van der Waals surface area (Å²) in [6.07, 6.45) is 2.82. The predicted octanol–water partition coefficient (Wildman–Crippen LogP) is 4.04. The van der Waals surface area contributed by atoms with E-state index in [1.54, 1.807) is 25.1 Å². The Kier molecular flexibility index (Phi) is 9.75. The Bertz CT molecular complexity index is 1020.